The molecule has 9 nitrogen and oxygen atoms in total. The third kappa shape index (κ3) is 5.43. The first-order chi connectivity index (χ1) is 15.7. The summed E-state index contributed by atoms with van der Waals surface area (Å²) in [6.07, 6.45) is 10.4. The summed E-state index contributed by atoms with van der Waals surface area (Å²) in [5, 5.41) is 6.43. The minimum absolute atomic E-state index is 0.392. The van der Waals surface area contributed by atoms with Crippen molar-refractivity contribution in [3.05, 3.63) is 0 Å². The summed E-state index contributed by atoms with van der Waals surface area (Å²) in [5.41, 5.74) is 6.83. The van der Waals surface area contributed by atoms with Gasteiger partial charge in [-0.2, -0.15) is 9.97 Å². The molecule has 2 aliphatic heterocycles. The SMILES string of the molecule is CCCCNc1nc(N)c2c(n1)N(CCCCN1CCN(C3CCCC3)CC1)C(C=O)N2. The Labute approximate surface area is 192 Å². The number of aldehydes is 1. The lowest BCUT2D eigenvalue weighted by Crippen LogP contribution is -2.49. The number of piperazine rings is 1. The smallest absolute Gasteiger partial charge is 0.226 e. The van der Waals surface area contributed by atoms with Gasteiger partial charge in [-0.1, -0.05) is 26.2 Å². The fourth-order valence-corrected chi connectivity index (χ4v) is 5.22. The van der Waals surface area contributed by atoms with E-state index >= 15 is 0 Å². The third-order valence-electron chi connectivity index (χ3n) is 7.13. The van der Waals surface area contributed by atoms with E-state index in [2.05, 4.69) is 37.3 Å². The third-order valence-corrected chi connectivity index (χ3v) is 7.13. The fraction of sp³-hybridized carbons (Fsp3) is 0.783. The Morgan fingerprint density at radius 2 is 1.84 bits per heavy atom. The summed E-state index contributed by atoms with van der Waals surface area (Å²) in [4.78, 5) is 28.0. The van der Waals surface area contributed by atoms with Crippen molar-refractivity contribution in [1.29, 1.82) is 0 Å². The molecule has 1 saturated heterocycles. The molecule has 1 atom stereocenters. The quantitative estimate of drug-likeness (QED) is 0.350. The van der Waals surface area contributed by atoms with Crippen molar-refractivity contribution in [2.24, 2.45) is 0 Å². The van der Waals surface area contributed by atoms with Crippen molar-refractivity contribution in [2.75, 3.05) is 67.1 Å². The number of nitrogen functional groups attached to an aromatic ring is 1. The Kier molecular flexibility index (Phi) is 8.02. The minimum atomic E-state index is -0.428. The molecule has 32 heavy (non-hydrogen) atoms. The van der Waals surface area contributed by atoms with Crippen molar-refractivity contribution < 1.29 is 4.79 Å². The number of nitrogens with zero attached hydrogens (tertiary/aromatic N) is 5. The molecule has 178 valence electrons. The van der Waals surface area contributed by atoms with Gasteiger partial charge in [-0.05, 0) is 38.6 Å². The number of fused-ring (bicyclic) bond motifs is 1. The fourth-order valence-electron chi connectivity index (χ4n) is 5.22. The highest BCUT2D eigenvalue weighted by atomic mass is 16.1. The minimum Gasteiger partial charge on any atom is -0.382 e. The number of hydrogen-bond acceptors (Lipinski definition) is 9. The monoisotopic (exact) mass is 444 g/mol. The maximum Gasteiger partial charge on any atom is 0.226 e. The van der Waals surface area contributed by atoms with Gasteiger partial charge in [0, 0.05) is 45.3 Å². The Hall–Kier alpha value is -2.13. The van der Waals surface area contributed by atoms with Gasteiger partial charge >= 0.3 is 0 Å². The number of anilines is 4. The molecule has 1 aromatic heterocycles. The topological polar surface area (TPSA) is 103 Å². The number of carbonyl (C=O) groups excluding carboxylic acids is 1. The van der Waals surface area contributed by atoms with Crippen LogP contribution in [0.1, 0.15) is 58.3 Å². The molecular weight excluding hydrogens is 404 g/mol. The molecule has 1 aliphatic carbocycles. The number of rotatable bonds is 11. The Morgan fingerprint density at radius 3 is 2.56 bits per heavy atom. The molecule has 0 bridgehead atoms. The molecule has 0 aromatic carbocycles. The van der Waals surface area contributed by atoms with Crippen LogP contribution in [0.15, 0.2) is 0 Å². The van der Waals surface area contributed by atoms with Gasteiger partial charge in [-0.15, -0.1) is 0 Å². The zero-order valence-corrected chi connectivity index (χ0v) is 19.6. The van der Waals surface area contributed by atoms with Crippen LogP contribution in [0.3, 0.4) is 0 Å². The van der Waals surface area contributed by atoms with Crippen LogP contribution in [0.2, 0.25) is 0 Å². The lowest BCUT2D eigenvalue weighted by atomic mass is 10.1. The van der Waals surface area contributed by atoms with E-state index in [4.69, 9.17) is 5.73 Å². The highest BCUT2D eigenvalue weighted by molar-refractivity contribution is 5.88. The van der Waals surface area contributed by atoms with Gasteiger partial charge < -0.3 is 26.2 Å². The van der Waals surface area contributed by atoms with Crippen LogP contribution >= 0.6 is 0 Å². The van der Waals surface area contributed by atoms with E-state index in [9.17, 15) is 4.79 Å². The van der Waals surface area contributed by atoms with Crippen molar-refractivity contribution in [3.63, 3.8) is 0 Å². The maximum atomic E-state index is 11.7. The number of aromatic nitrogens is 2. The van der Waals surface area contributed by atoms with Crippen molar-refractivity contribution >= 4 is 29.6 Å². The molecule has 1 aromatic rings. The molecule has 4 N–H and O–H groups in total. The molecule has 1 saturated carbocycles. The molecule has 0 radical (unpaired) electrons. The van der Waals surface area contributed by atoms with E-state index in [-0.39, 0.29) is 0 Å². The normalized spacial score (nSPS) is 22.2. The second-order valence-corrected chi connectivity index (χ2v) is 9.35. The number of nitrogens with two attached hydrogens (primary N) is 1. The van der Waals surface area contributed by atoms with E-state index < -0.39 is 6.17 Å². The van der Waals surface area contributed by atoms with Crippen LogP contribution in [-0.4, -0.2) is 84.1 Å². The van der Waals surface area contributed by atoms with E-state index in [1.54, 1.807) is 0 Å². The number of hydrogen-bond donors (Lipinski definition) is 3. The molecule has 4 rings (SSSR count). The molecule has 2 fully saturated rings. The summed E-state index contributed by atoms with van der Waals surface area (Å²) in [7, 11) is 0. The van der Waals surface area contributed by atoms with Gasteiger partial charge in [-0.25, -0.2) is 0 Å². The second kappa shape index (κ2) is 11.1. The molecule has 3 heterocycles. The predicted octanol–water partition coefficient (Wildman–Crippen LogP) is 2.37. The average Bonchev–Trinajstić information content (AvgIpc) is 3.46. The van der Waals surface area contributed by atoms with Crippen LogP contribution in [-0.2, 0) is 4.79 Å². The average molecular weight is 445 g/mol. The van der Waals surface area contributed by atoms with Gasteiger partial charge in [0.1, 0.15) is 5.69 Å². The van der Waals surface area contributed by atoms with Crippen LogP contribution < -0.4 is 21.3 Å². The summed E-state index contributed by atoms with van der Waals surface area (Å²) in [5.74, 6) is 1.66. The second-order valence-electron chi connectivity index (χ2n) is 9.35. The standard InChI is InChI=1S/C23H40N8O/c1-2-3-10-25-23-27-21(24)20-22(28-23)31(19(17-32)26-20)12-7-6-11-29-13-15-30(16-14-29)18-8-4-5-9-18/h17-19,26H,2-16H2,1H3,(H3,24,25,27,28). The Morgan fingerprint density at radius 1 is 1.09 bits per heavy atom. The van der Waals surface area contributed by atoms with Crippen molar-refractivity contribution in [2.45, 2.75) is 70.5 Å². The zero-order valence-electron chi connectivity index (χ0n) is 19.6. The zero-order chi connectivity index (χ0) is 22.3. The van der Waals surface area contributed by atoms with E-state index in [1.807, 2.05) is 4.90 Å². The van der Waals surface area contributed by atoms with E-state index in [1.165, 1.54) is 51.9 Å². The van der Waals surface area contributed by atoms with E-state index in [0.29, 0.717) is 17.5 Å². The van der Waals surface area contributed by atoms with Gasteiger partial charge in [0.25, 0.3) is 0 Å². The largest absolute Gasteiger partial charge is 0.382 e. The van der Waals surface area contributed by atoms with Gasteiger partial charge in [0.15, 0.2) is 24.1 Å². The molecule has 9 heteroatoms. The maximum absolute atomic E-state index is 11.7. The molecular formula is C23H40N8O. The lowest BCUT2D eigenvalue weighted by molar-refractivity contribution is -0.108. The summed E-state index contributed by atoms with van der Waals surface area (Å²) < 4.78 is 0. The van der Waals surface area contributed by atoms with Crippen LogP contribution in [0.25, 0.3) is 0 Å². The van der Waals surface area contributed by atoms with Gasteiger partial charge in [0.05, 0.1) is 0 Å². The summed E-state index contributed by atoms with van der Waals surface area (Å²) >= 11 is 0. The Balaban J connectivity index is 1.25. The molecule has 3 aliphatic rings. The highest BCUT2D eigenvalue weighted by Crippen LogP contribution is 2.37. The summed E-state index contributed by atoms with van der Waals surface area (Å²) in [6.45, 7) is 9.64. The molecule has 0 amide bonds. The van der Waals surface area contributed by atoms with Crippen LogP contribution in [0.4, 0.5) is 23.3 Å². The highest BCUT2D eigenvalue weighted by Gasteiger charge is 2.32. The Bertz CT molecular complexity index is 746. The number of carbonyl (C=O) groups is 1. The first-order valence-electron chi connectivity index (χ1n) is 12.6. The molecule has 0 spiro atoms. The van der Waals surface area contributed by atoms with Gasteiger partial charge in [0.2, 0.25) is 5.95 Å². The summed E-state index contributed by atoms with van der Waals surface area (Å²) in [6, 6.07) is 0.843. The first-order valence-corrected chi connectivity index (χ1v) is 12.6. The van der Waals surface area contributed by atoms with Gasteiger partial charge in [-0.3, -0.25) is 9.69 Å². The predicted molar refractivity (Wildman–Crippen MR) is 130 cm³/mol. The van der Waals surface area contributed by atoms with Crippen molar-refractivity contribution in [1.82, 2.24) is 19.8 Å². The number of nitrogens with one attached hydrogen (secondary N) is 2. The van der Waals surface area contributed by atoms with Crippen LogP contribution in [0.5, 0.6) is 0 Å². The van der Waals surface area contributed by atoms with Crippen LogP contribution in [0, 0.1) is 0 Å². The first kappa shape index (κ1) is 23.0. The van der Waals surface area contributed by atoms with E-state index in [0.717, 1.165) is 63.5 Å². The lowest BCUT2D eigenvalue weighted by Gasteiger charge is -2.38. The van der Waals surface area contributed by atoms with Crippen molar-refractivity contribution in [3.8, 4) is 0 Å². The number of unbranched alkanes of at least 4 members (excludes halogenated alkanes) is 2. The molecule has 1 unspecified atom stereocenters.